The molecule has 102 valence electrons. The van der Waals surface area contributed by atoms with Gasteiger partial charge in [-0.05, 0) is 6.07 Å². The molecule has 2 aromatic rings. The molecule has 0 aliphatic heterocycles. The minimum Gasteiger partial charge on any atom is -0.507 e. The fourth-order valence-electron chi connectivity index (χ4n) is 1.42. The first-order chi connectivity index (χ1) is 9.45. The summed E-state index contributed by atoms with van der Waals surface area (Å²) in [6.07, 6.45) is 1.10. The molecular formula is C11H8N4O5. The van der Waals surface area contributed by atoms with Gasteiger partial charge in [-0.25, -0.2) is 9.79 Å². The second kappa shape index (κ2) is 5.18. The van der Waals surface area contributed by atoms with Crippen molar-refractivity contribution in [3.63, 3.8) is 0 Å². The molecule has 0 atom stereocenters. The normalized spacial score (nSPS) is 10.8. The molecule has 0 saturated carbocycles. The van der Waals surface area contributed by atoms with E-state index in [0.29, 0.717) is 0 Å². The largest absolute Gasteiger partial charge is 0.507 e. The molecule has 0 spiro atoms. The number of nitrogens with one attached hydrogen (secondary N) is 2. The minimum atomic E-state index is -0.729. The Morgan fingerprint density at radius 2 is 2.00 bits per heavy atom. The average Bonchev–Trinajstić information content (AvgIpc) is 2.36. The maximum absolute atomic E-state index is 11.0. The fraction of sp³-hybridized carbons (Fsp3) is 0. The van der Waals surface area contributed by atoms with Gasteiger partial charge in [0.25, 0.3) is 11.2 Å². The third-order valence-electron chi connectivity index (χ3n) is 2.31. The summed E-state index contributed by atoms with van der Waals surface area (Å²) in [7, 11) is 0. The van der Waals surface area contributed by atoms with Gasteiger partial charge >= 0.3 is 5.69 Å². The molecule has 0 radical (unpaired) electrons. The van der Waals surface area contributed by atoms with Gasteiger partial charge in [-0.15, -0.1) is 0 Å². The number of rotatable bonds is 3. The molecule has 0 fully saturated rings. The Kier molecular flexibility index (Phi) is 3.42. The molecule has 0 bridgehead atoms. The predicted octanol–water partition coefficient (Wildman–Crippen LogP) is 0.428. The van der Waals surface area contributed by atoms with E-state index in [2.05, 4.69) is 9.98 Å². The summed E-state index contributed by atoms with van der Waals surface area (Å²) in [5.74, 6) is -0.254. The maximum Gasteiger partial charge on any atom is 0.327 e. The Bertz CT molecular complexity index is 777. The van der Waals surface area contributed by atoms with Crippen molar-refractivity contribution in [1.82, 2.24) is 9.97 Å². The fourth-order valence-corrected chi connectivity index (χ4v) is 1.42. The average molecular weight is 276 g/mol. The van der Waals surface area contributed by atoms with Crippen LogP contribution < -0.4 is 11.2 Å². The van der Waals surface area contributed by atoms with Crippen LogP contribution in [0.15, 0.2) is 38.8 Å². The van der Waals surface area contributed by atoms with Crippen LogP contribution in [0.2, 0.25) is 0 Å². The molecule has 9 nitrogen and oxygen atoms in total. The molecule has 1 aromatic carbocycles. The van der Waals surface area contributed by atoms with Crippen molar-refractivity contribution in [2.75, 3.05) is 0 Å². The van der Waals surface area contributed by atoms with Crippen molar-refractivity contribution in [1.29, 1.82) is 0 Å². The van der Waals surface area contributed by atoms with Crippen molar-refractivity contribution < 1.29 is 10.0 Å². The van der Waals surface area contributed by atoms with Crippen molar-refractivity contribution in [3.8, 4) is 5.75 Å². The molecule has 0 amide bonds. The lowest BCUT2D eigenvalue weighted by atomic mass is 10.2. The first kappa shape index (κ1) is 13.2. The number of aliphatic imine (C=N–C) groups is 1. The molecule has 20 heavy (non-hydrogen) atoms. The first-order valence-corrected chi connectivity index (χ1v) is 5.31. The second-order valence-corrected chi connectivity index (χ2v) is 3.73. The number of non-ortho nitro benzene ring substituents is 1. The van der Waals surface area contributed by atoms with Crippen LogP contribution in [0.1, 0.15) is 5.56 Å². The predicted molar refractivity (Wildman–Crippen MR) is 69.7 cm³/mol. The minimum absolute atomic E-state index is 0.0374. The standard InChI is InChI=1S/C11H8N4O5/c16-8-2-1-7(15(19)20)3-6(8)5-12-9-4-10(17)14-11(18)13-9/h1-5,16H,(H2,13,14,17,18). The van der Waals surface area contributed by atoms with E-state index in [1.54, 1.807) is 0 Å². The highest BCUT2D eigenvalue weighted by molar-refractivity contribution is 5.85. The number of nitro benzene ring substituents is 1. The number of phenols is 1. The number of aromatic amines is 2. The van der Waals surface area contributed by atoms with E-state index in [0.717, 1.165) is 30.5 Å². The number of hydrogen-bond donors (Lipinski definition) is 3. The number of nitro groups is 1. The van der Waals surface area contributed by atoms with Gasteiger partial charge in [0.15, 0.2) is 0 Å². The Labute approximate surface area is 110 Å². The van der Waals surface area contributed by atoms with Gasteiger partial charge in [0.1, 0.15) is 11.6 Å². The van der Waals surface area contributed by atoms with Gasteiger partial charge in [0, 0.05) is 30.0 Å². The Morgan fingerprint density at radius 3 is 2.65 bits per heavy atom. The van der Waals surface area contributed by atoms with Gasteiger partial charge in [-0.2, -0.15) is 0 Å². The van der Waals surface area contributed by atoms with Crippen LogP contribution >= 0.6 is 0 Å². The smallest absolute Gasteiger partial charge is 0.327 e. The number of nitrogens with zero attached hydrogens (tertiary/aromatic N) is 2. The molecule has 1 heterocycles. The van der Waals surface area contributed by atoms with Crippen molar-refractivity contribution in [2.45, 2.75) is 0 Å². The number of hydrogen-bond acceptors (Lipinski definition) is 6. The Hall–Kier alpha value is -3.23. The van der Waals surface area contributed by atoms with E-state index >= 15 is 0 Å². The maximum atomic E-state index is 11.0. The van der Waals surface area contributed by atoms with Crippen LogP contribution in [0.5, 0.6) is 5.75 Å². The van der Waals surface area contributed by atoms with E-state index in [9.17, 15) is 24.8 Å². The van der Waals surface area contributed by atoms with Crippen LogP contribution in [0.25, 0.3) is 0 Å². The topological polar surface area (TPSA) is 141 Å². The zero-order chi connectivity index (χ0) is 14.7. The van der Waals surface area contributed by atoms with E-state index in [-0.39, 0.29) is 22.8 Å². The number of H-pyrrole nitrogens is 2. The summed E-state index contributed by atoms with van der Waals surface area (Å²) in [6.45, 7) is 0. The number of aromatic nitrogens is 2. The molecule has 2 rings (SSSR count). The van der Waals surface area contributed by atoms with Crippen LogP contribution in [0.4, 0.5) is 11.5 Å². The van der Waals surface area contributed by atoms with Crippen LogP contribution in [-0.4, -0.2) is 26.2 Å². The number of aromatic hydroxyl groups is 1. The summed E-state index contributed by atoms with van der Waals surface area (Å²) in [5, 5.41) is 20.2. The third-order valence-corrected chi connectivity index (χ3v) is 2.31. The molecular weight excluding hydrogens is 268 g/mol. The van der Waals surface area contributed by atoms with E-state index in [1.807, 2.05) is 4.98 Å². The monoisotopic (exact) mass is 276 g/mol. The molecule has 0 aliphatic rings. The summed E-state index contributed by atoms with van der Waals surface area (Å²) >= 11 is 0. The van der Waals surface area contributed by atoms with Gasteiger partial charge < -0.3 is 5.11 Å². The Balaban J connectivity index is 2.40. The zero-order valence-electron chi connectivity index (χ0n) is 9.86. The van der Waals surface area contributed by atoms with E-state index < -0.39 is 16.2 Å². The highest BCUT2D eigenvalue weighted by Gasteiger charge is 2.08. The number of phenolic OH excluding ortho intramolecular Hbond substituents is 1. The molecule has 0 aliphatic carbocycles. The number of benzene rings is 1. The Morgan fingerprint density at radius 1 is 1.25 bits per heavy atom. The summed E-state index contributed by atoms with van der Waals surface area (Å²) < 4.78 is 0. The van der Waals surface area contributed by atoms with E-state index in [4.69, 9.17) is 0 Å². The molecule has 9 heteroatoms. The molecule has 3 N–H and O–H groups in total. The highest BCUT2D eigenvalue weighted by Crippen LogP contribution is 2.21. The van der Waals surface area contributed by atoms with Crippen molar-refractivity contribution >= 4 is 17.7 Å². The zero-order valence-corrected chi connectivity index (χ0v) is 9.86. The quantitative estimate of drug-likeness (QED) is 0.423. The van der Waals surface area contributed by atoms with Gasteiger partial charge in [0.2, 0.25) is 0 Å². The van der Waals surface area contributed by atoms with Gasteiger partial charge in [-0.3, -0.25) is 24.9 Å². The van der Waals surface area contributed by atoms with Gasteiger partial charge in [-0.1, -0.05) is 0 Å². The van der Waals surface area contributed by atoms with E-state index in [1.165, 1.54) is 0 Å². The van der Waals surface area contributed by atoms with Crippen LogP contribution in [0.3, 0.4) is 0 Å². The summed E-state index contributed by atoms with van der Waals surface area (Å²) in [6, 6.07) is 4.44. The second-order valence-electron chi connectivity index (χ2n) is 3.73. The summed E-state index contributed by atoms with van der Waals surface area (Å²) in [5.41, 5.74) is -1.50. The lowest BCUT2D eigenvalue weighted by Gasteiger charge is -1.98. The van der Waals surface area contributed by atoms with Gasteiger partial charge in [0.05, 0.1) is 4.92 Å². The third kappa shape index (κ3) is 2.96. The SMILES string of the molecule is O=c1cc(N=Cc2cc([N+](=O)[O-])ccc2O)[nH]c(=O)[nH]1. The first-order valence-electron chi connectivity index (χ1n) is 5.31. The molecule has 0 saturated heterocycles. The van der Waals surface area contributed by atoms with Crippen LogP contribution in [-0.2, 0) is 0 Å². The summed E-state index contributed by atoms with van der Waals surface area (Å²) in [4.78, 5) is 40.0. The lowest BCUT2D eigenvalue weighted by molar-refractivity contribution is -0.384. The van der Waals surface area contributed by atoms with Crippen molar-refractivity contribution in [3.05, 3.63) is 60.8 Å². The van der Waals surface area contributed by atoms with Crippen LogP contribution in [0, 0.1) is 10.1 Å². The van der Waals surface area contributed by atoms with Crippen molar-refractivity contribution in [2.24, 2.45) is 4.99 Å². The molecule has 0 unspecified atom stereocenters. The lowest BCUT2D eigenvalue weighted by Crippen LogP contribution is -2.20. The highest BCUT2D eigenvalue weighted by atomic mass is 16.6. The molecule has 1 aromatic heterocycles.